The highest BCUT2D eigenvalue weighted by Gasteiger charge is 2.31. The van der Waals surface area contributed by atoms with Crippen LogP contribution in [0.3, 0.4) is 0 Å². The molecule has 1 aromatic heterocycles. The maximum absolute atomic E-state index is 12.4. The number of rotatable bonds is 4. The molecule has 0 aliphatic carbocycles. The Balaban J connectivity index is 1.67. The summed E-state index contributed by atoms with van der Waals surface area (Å²) in [4.78, 5) is 29.1. The quantitative estimate of drug-likeness (QED) is 0.866. The summed E-state index contributed by atoms with van der Waals surface area (Å²) in [7, 11) is 0. The Labute approximate surface area is 147 Å². The monoisotopic (exact) mass is 390 g/mol. The van der Waals surface area contributed by atoms with Crippen LogP contribution in [0.15, 0.2) is 47.1 Å². The standard InChI is InChI=1S/C17H15BrN2O4/c18-13-3-1-2-4-14(13)24-15-6-5-11(9-19-15)16(21)20-8-7-12(10-20)17(22)23/h1-6,9,12H,7-8,10H2,(H,22,23). The van der Waals surface area contributed by atoms with E-state index < -0.39 is 11.9 Å². The molecule has 1 N–H and O–H groups in total. The molecule has 1 aromatic carbocycles. The Kier molecular flexibility index (Phi) is 4.80. The van der Waals surface area contributed by atoms with Crippen molar-refractivity contribution in [3.05, 3.63) is 52.6 Å². The normalized spacial score (nSPS) is 16.9. The van der Waals surface area contributed by atoms with Gasteiger partial charge in [0.05, 0.1) is 16.0 Å². The minimum Gasteiger partial charge on any atom is -0.481 e. The number of para-hydroxylation sites is 1. The molecule has 6 nitrogen and oxygen atoms in total. The van der Waals surface area contributed by atoms with Crippen LogP contribution in [0.25, 0.3) is 0 Å². The van der Waals surface area contributed by atoms with E-state index in [-0.39, 0.29) is 12.5 Å². The van der Waals surface area contributed by atoms with E-state index in [0.717, 1.165) is 4.47 Å². The average molecular weight is 391 g/mol. The summed E-state index contributed by atoms with van der Waals surface area (Å²) >= 11 is 3.39. The molecule has 2 aromatic rings. The van der Waals surface area contributed by atoms with Crippen LogP contribution in [0.4, 0.5) is 0 Å². The molecule has 2 heterocycles. The number of benzene rings is 1. The van der Waals surface area contributed by atoms with Gasteiger partial charge in [0.1, 0.15) is 5.75 Å². The number of aliphatic carboxylic acids is 1. The van der Waals surface area contributed by atoms with Crippen LogP contribution in [0.2, 0.25) is 0 Å². The fourth-order valence-electron chi connectivity index (χ4n) is 2.54. The minimum absolute atomic E-state index is 0.210. The van der Waals surface area contributed by atoms with E-state index in [1.54, 1.807) is 23.1 Å². The van der Waals surface area contributed by atoms with Crippen LogP contribution >= 0.6 is 15.9 Å². The highest BCUT2D eigenvalue weighted by atomic mass is 79.9. The molecule has 0 spiro atoms. The molecule has 1 unspecified atom stereocenters. The SMILES string of the molecule is O=C(O)C1CCN(C(=O)c2ccc(Oc3ccccc3Br)nc2)C1. The van der Waals surface area contributed by atoms with Crippen LogP contribution < -0.4 is 4.74 Å². The van der Waals surface area contributed by atoms with Crippen molar-refractivity contribution in [2.75, 3.05) is 13.1 Å². The second-order valence-electron chi connectivity index (χ2n) is 5.49. The second-order valence-corrected chi connectivity index (χ2v) is 6.35. The van der Waals surface area contributed by atoms with Gasteiger partial charge in [-0.15, -0.1) is 0 Å². The first-order valence-corrected chi connectivity index (χ1v) is 8.24. The summed E-state index contributed by atoms with van der Waals surface area (Å²) in [6.07, 6.45) is 1.93. The lowest BCUT2D eigenvalue weighted by atomic mass is 10.1. The first-order valence-electron chi connectivity index (χ1n) is 7.45. The number of carbonyl (C=O) groups excluding carboxylic acids is 1. The fourth-order valence-corrected chi connectivity index (χ4v) is 2.90. The summed E-state index contributed by atoms with van der Waals surface area (Å²) in [6.45, 7) is 0.689. The lowest BCUT2D eigenvalue weighted by Crippen LogP contribution is -2.30. The summed E-state index contributed by atoms with van der Waals surface area (Å²) in [5.74, 6) is -0.546. The molecule has 24 heavy (non-hydrogen) atoms. The number of halogens is 1. The minimum atomic E-state index is -0.861. The van der Waals surface area contributed by atoms with Gasteiger partial charge in [0.2, 0.25) is 5.88 Å². The molecule has 1 fully saturated rings. The van der Waals surface area contributed by atoms with Gasteiger partial charge in [0.25, 0.3) is 5.91 Å². The van der Waals surface area contributed by atoms with E-state index in [4.69, 9.17) is 9.84 Å². The number of hydrogen-bond acceptors (Lipinski definition) is 4. The number of hydrogen-bond donors (Lipinski definition) is 1. The van der Waals surface area contributed by atoms with Crippen LogP contribution in [0, 0.1) is 5.92 Å². The third kappa shape index (κ3) is 3.56. The second kappa shape index (κ2) is 7.00. The number of carbonyl (C=O) groups is 2. The molecule has 1 saturated heterocycles. The van der Waals surface area contributed by atoms with Crippen LogP contribution in [-0.4, -0.2) is 40.0 Å². The van der Waals surface area contributed by atoms with E-state index in [0.29, 0.717) is 30.2 Å². The molecule has 7 heteroatoms. The molecule has 0 bridgehead atoms. The largest absolute Gasteiger partial charge is 0.481 e. The van der Waals surface area contributed by atoms with Gasteiger partial charge < -0.3 is 14.7 Å². The third-order valence-corrected chi connectivity index (χ3v) is 4.51. The van der Waals surface area contributed by atoms with Crippen molar-refractivity contribution in [1.29, 1.82) is 0 Å². The van der Waals surface area contributed by atoms with Crippen LogP contribution in [0.5, 0.6) is 11.6 Å². The number of likely N-dealkylation sites (tertiary alicyclic amines) is 1. The van der Waals surface area contributed by atoms with Crippen molar-refractivity contribution in [3.63, 3.8) is 0 Å². The Hall–Kier alpha value is -2.41. The van der Waals surface area contributed by atoms with Gasteiger partial charge in [-0.1, -0.05) is 12.1 Å². The molecule has 124 valence electrons. The van der Waals surface area contributed by atoms with Crippen molar-refractivity contribution >= 4 is 27.8 Å². The number of amides is 1. The number of nitrogens with zero attached hydrogens (tertiary/aromatic N) is 2. The zero-order chi connectivity index (χ0) is 17.1. The number of ether oxygens (including phenoxy) is 1. The van der Waals surface area contributed by atoms with E-state index >= 15 is 0 Å². The Morgan fingerprint density at radius 3 is 2.67 bits per heavy atom. The zero-order valence-corrected chi connectivity index (χ0v) is 14.3. The van der Waals surface area contributed by atoms with Crippen LogP contribution in [-0.2, 0) is 4.79 Å². The average Bonchev–Trinajstić information content (AvgIpc) is 3.07. The van der Waals surface area contributed by atoms with Crippen molar-refractivity contribution in [3.8, 4) is 11.6 Å². The molecule has 1 atom stereocenters. The van der Waals surface area contributed by atoms with Gasteiger partial charge in [0, 0.05) is 25.4 Å². The topological polar surface area (TPSA) is 79.7 Å². The van der Waals surface area contributed by atoms with Crippen molar-refractivity contribution in [1.82, 2.24) is 9.88 Å². The maximum Gasteiger partial charge on any atom is 0.308 e. The number of aromatic nitrogens is 1. The van der Waals surface area contributed by atoms with Gasteiger partial charge in [-0.05, 0) is 40.5 Å². The van der Waals surface area contributed by atoms with Gasteiger partial charge >= 0.3 is 5.97 Å². The van der Waals surface area contributed by atoms with Crippen molar-refractivity contribution < 1.29 is 19.4 Å². The molecular weight excluding hydrogens is 376 g/mol. The first-order chi connectivity index (χ1) is 11.5. The molecule has 0 saturated carbocycles. The molecule has 3 rings (SSSR count). The van der Waals surface area contributed by atoms with E-state index in [1.807, 2.05) is 18.2 Å². The highest BCUT2D eigenvalue weighted by molar-refractivity contribution is 9.10. The smallest absolute Gasteiger partial charge is 0.308 e. The molecule has 1 amide bonds. The summed E-state index contributed by atoms with van der Waals surface area (Å²) in [5, 5.41) is 9.01. The van der Waals surface area contributed by atoms with E-state index in [1.165, 1.54) is 6.20 Å². The zero-order valence-electron chi connectivity index (χ0n) is 12.7. The highest BCUT2D eigenvalue weighted by Crippen LogP contribution is 2.28. The van der Waals surface area contributed by atoms with E-state index in [2.05, 4.69) is 20.9 Å². The predicted molar refractivity (Wildman–Crippen MR) is 90.1 cm³/mol. The summed E-state index contributed by atoms with van der Waals surface area (Å²) < 4.78 is 6.47. The van der Waals surface area contributed by atoms with Gasteiger partial charge in [-0.2, -0.15) is 0 Å². The summed E-state index contributed by atoms with van der Waals surface area (Å²) in [6, 6.07) is 10.7. The Morgan fingerprint density at radius 1 is 1.25 bits per heavy atom. The van der Waals surface area contributed by atoms with Gasteiger partial charge in [-0.25, -0.2) is 4.98 Å². The molecule has 1 aliphatic heterocycles. The fraction of sp³-hybridized carbons (Fsp3) is 0.235. The summed E-state index contributed by atoms with van der Waals surface area (Å²) in [5.41, 5.74) is 0.417. The van der Waals surface area contributed by atoms with Gasteiger partial charge in [-0.3, -0.25) is 9.59 Å². The number of pyridine rings is 1. The van der Waals surface area contributed by atoms with Gasteiger partial charge in [0.15, 0.2) is 0 Å². The Morgan fingerprint density at radius 2 is 2.04 bits per heavy atom. The lowest BCUT2D eigenvalue weighted by molar-refractivity contribution is -0.141. The number of carboxylic acid groups (broad SMARTS) is 1. The van der Waals surface area contributed by atoms with E-state index in [9.17, 15) is 9.59 Å². The van der Waals surface area contributed by atoms with Crippen molar-refractivity contribution in [2.45, 2.75) is 6.42 Å². The lowest BCUT2D eigenvalue weighted by Gasteiger charge is -2.15. The molecular formula is C17H15BrN2O4. The molecule has 0 radical (unpaired) electrons. The predicted octanol–water partition coefficient (Wildman–Crippen LogP) is 3.18. The Bertz CT molecular complexity index is 763. The van der Waals surface area contributed by atoms with Crippen molar-refractivity contribution in [2.24, 2.45) is 5.92 Å². The van der Waals surface area contributed by atoms with Crippen LogP contribution in [0.1, 0.15) is 16.8 Å². The first kappa shape index (κ1) is 16.4. The number of carboxylic acids is 1. The maximum atomic E-state index is 12.4. The third-order valence-electron chi connectivity index (χ3n) is 3.86. The molecule has 1 aliphatic rings.